The van der Waals surface area contributed by atoms with Gasteiger partial charge in [-0.2, -0.15) is 0 Å². The predicted octanol–water partition coefficient (Wildman–Crippen LogP) is -1.44. The summed E-state index contributed by atoms with van der Waals surface area (Å²) in [5, 5.41) is 45.9. The molecule has 6 rings (SSSR count). The molecule has 2 aromatic carbocycles. The number of phenolic OH excluding ortho intramolecular Hbond substituents is 1. The topological polar surface area (TPSA) is 432 Å². The molecule has 2 saturated heterocycles. The maximum atomic E-state index is 14.7. The summed E-state index contributed by atoms with van der Waals surface area (Å²) < 4.78 is 0. The van der Waals surface area contributed by atoms with Crippen LogP contribution in [0, 0.1) is 11.8 Å². The minimum absolute atomic E-state index is 0.0397. The van der Waals surface area contributed by atoms with E-state index in [1.165, 1.54) is 41.7 Å². The number of nitrogens with two attached hydrogens (primary N) is 2. The van der Waals surface area contributed by atoms with Crippen molar-refractivity contribution in [2.24, 2.45) is 28.3 Å². The Hall–Kier alpha value is -9.08. The van der Waals surface area contributed by atoms with Gasteiger partial charge < -0.3 is 84.4 Å². The zero-order chi connectivity index (χ0) is 63.3. The van der Waals surface area contributed by atoms with E-state index in [1.54, 1.807) is 45.2 Å². The number of benzene rings is 2. The Morgan fingerprint density at radius 3 is 1.85 bits per heavy atom. The third-order valence-corrected chi connectivity index (χ3v) is 14.9. The first-order valence-corrected chi connectivity index (χ1v) is 29.5. The molecule has 8 unspecified atom stereocenters. The Balaban J connectivity index is 1.22. The zero-order valence-corrected chi connectivity index (χ0v) is 49.8. The number of phenols is 1. The molecule has 2 aromatic heterocycles. The summed E-state index contributed by atoms with van der Waals surface area (Å²) in [5.74, 6) is -7.55. The van der Waals surface area contributed by atoms with E-state index in [0.717, 1.165) is 5.52 Å². The number of aromatic nitrogens is 3. The quantitative estimate of drug-likeness (QED) is 0.0151. The van der Waals surface area contributed by atoms with Crippen LogP contribution < -0.4 is 59.3 Å². The van der Waals surface area contributed by atoms with E-state index in [2.05, 4.69) is 67.8 Å². The number of aliphatic hydroxyl groups is 1. The second kappa shape index (κ2) is 32.4. The lowest BCUT2D eigenvalue weighted by Crippen LogP contribution is -2.61. The molecule has 17 N–H and O–H groups in total. The highest BCUT2D eigenvalue weighted by Crippen LogP contribution is 2.22. The molecule has 28 heteroatoms. The molecule has 0 spiro atoms. The van der Waals surface area contributed by atoms with E-state index in [4.69, 9.17) is 11.5 Å². The Labute approximate surface area is 504 Å². The Kier molecular flexibility index (Phi) is 25.0. The van der Waals surface area contributed by atoms with Crippen molar-refractivity contribution in [3.63, 3.8) is 0 Å². The normalized spacial score (nSPS) is 17.1. The van der Waals surface area contributed by atoms with Gasteiger partial charge >= 0.3 is 0 Å². The molecule has 2 aliphatic heterocycles. The van der Waals surface area contributed by atoms with Crippen LogP contribution in [-0.4, -0.2) is 176 Å². The maximum Gasteiger partial charge on any atom is 0.245 e. The van der Waals surface area contributed by atoms with Crippen molar-refractivity contribution in [1.29, 1.82) is 0 Å². The molecule has 4 aromatic rings. The van der Waals surface area contributed by atoms with Gasteiger partial charge in [-0.05, 0) is 93.0 Å². The number of para-hydroxylation sites is 1. The molecule has 4 heterocycles. The summed E-state index contributed by atoms with van der Waals surface area (Å²) in [6.07, 6.45) is 5.80. The van der Waals surface area contributed by atoms with Crippen molar-refractivity contribution in [2.45, 2.75) is 160 Å². The summed E-state index contributed by atoms with van der Waals surface area (Å²) >= 11 is 0. The van der Waals surface area contributed by atoms with Crippen LogP contribution in [0.5, 0.6) is 5.75 Å². The lowest BCUT2D eigenvalue weighted by atomic mass is 9.98. The fraction of sp³-hybridized carbons (Fsp3) is 0.525. The molecule has 2 aliphatic rings. The van der Waals surface area contributed by atoms with Crippen molar-refractivity contribution in [2.75, 3.05) is 26.2 Å². The summed E-state index contributed by atoms with van der Waals surface area (Å²) in [6.45, 7) is 8.82. The van der Waals surface area contributed by atoms with Crippen LogP contribution in [0.3, 0.4) is 0 Å². The SMILES string of the molecule is CCNC(=O)C1CCCN1C(=O)C(CCCN=C(N)N)NC(=O)C(CC(C)C)NC(=O)[C@@H](CC(C)C)NC(=O)C(Cc1ccc(O)cc1)NC(=O)C(CO)NC(=O)C(Cc1c[nH]c2ccccc12)NC(=O)C(Cc1cnc[nH]1)NC(=O)C1CCC(=O)N1. The zero-order valence-electron chi connectivity index (χ0n) is 49.8. The molecule has 0 saturated carbocycles. The van der Waals surface area contributed by atoms with Gasteiger partial charge in [0, 0.05) is 74.3 Å². The number of nitrogens with one attached hydrogen (secondary N) is 11. The Bertz CT molecular complexity index is 3050. The first kappa shape index (κ1) is 67.1. The third kappa shape index (κ3) is 20.0. The highest BCUT2D eigenvalue weighted by Gasteiger charge is 2.40. The summed E-state index contributed by atoms with van der Waals surface area (Å²) in [6, 6.07) is 1.58. The maximum absolute atomic E-state index is 14.7. The van der Waals surface area contributed by atoms with Crippen molar-refractivity contribution < 1.29 is 58.2 Å². The lowest BCUT2D eigenvalue weighted by Gasteiger charge is -2.31. The molecule has 9 atom stereocenters. The first-order chi connectivity index (χ1) is 41.5. The van der Waals surface area contributed by atoms with Crippen molar-refractivity contribution in [3.8, 4) is 5.75 Å². The second-order valence-electron chi connectivity index (χ2n) is 22.8. The fourth-order valence-electron chi connectivity index (χ4n) is 10.5. The molecule has 472 valence electrons. The van der Waals surface area contributed by atoms with Gasteiger partial charge in [-0.15, -0.1) is 0 Å². The summed E-state index contributed by atoms with van der Waals surface area (Å²) in [7, 11) is 0. The van der Waals surface area contributed by atoms with E-state index in [0.29, 0.717) is 41.6 Å². The Morgan fingerprint density at radius 2 is 1.28 bits per heavy atom. The molecular formula is C59H84N16O12. The third-order valence-electron chi connectivity index (χ3n) is 14.9. The molecule has 2 fully saturated rings. The van der Waals surface area contributed by atoms with Gasteiger partial charge in [0.2, 0.25) is 59.1 Å². The number of carbonyl (C=O) groups excluding carboxylic acids is 10. The number of aromatic hydroxyl groups is 1. The summed E-state index contributed by atoms with van der Waals surface area (Å²) in [4.78, 5) is 155. The first-order valence-electron chi connectivity index (χ1n) is 29.5. The molecule has 0 radical (unpaired) electrons. The van der Waals surface area contributed by atoms with Crippen molar-refractivity contribution in [3.05, 3.63) is 84.1 Å². The number of carbonyl (C=O) groups is 10. The molecule has 0 aliphatic carbocycles. The number of nitrogens with zero attached hydrogens (tertiary/aromatic N) is 3. The average Bonchev–Trinajstić information content (AvgIpc) is 2.39. The number of likely N-dealkylation sites (tertiary alicyclic amines) is 1. The number of likely N-dealkylation sites (N-methyl/N-ethyl adjacent to an activating group) is 1. The molecular weight excluding hydrogens is 1120 g/mol. The van der Waals surface area contributed by atoms with Crippen LogP contribution in [0.25, 0.3) is 10.9 Å². The number of guanidine groups is 1. The van der Waals surface area contributed by atoms with Gasteiger partial charge in [-0.3, -0.25) is 52.9 Å². The number of aliphatic hydroxyl groups excluding tert-OH is 1. The van der Waals surface area contributed by atoms with Gasteiger partial charge in [0.05, 0.1) is 12.9 Å². The standard InChI is InChI=1S/C59H84N16O12/c1-6-63-57(86)48-14-10-22-75(48)58(87)41(13-9-21-64-59(60)61)68-51(80)42(23-32(2)3)69-52(81)43(24-33(4)5)70-53(82)44(25-34-15-17-37(77)18-16-34)71-56(85)47(30-76)74-54(83)45(26-35-28-65-39-12-8-7-11-38(35)39)72-55(84)46(27-36-29-62-31-66-36)73-50(79)40-19-20-49(78)67-40/h7-8,11-12,15-18,28-29,31-33,40-48,65,76-77H,6,9-10,13-14,19-27,30H2,1-5H3,(H,62,66)(H,63,86)(H,67,78)(H,68,80)(H,69,81)(H,70,82)(H,71,85)(H,72,84)(H,73,79)(H,74,83)(H4,60,61,64)/t40?,41?,42?,43-,44?,45?,46?,47?,48?/m1/s1. The Morgan fingerprint density at radius 1 is 0.701 bits per heavy atom. The number of amides is 10. The van der Waals surface area contributed by atoms with Crippen LogP contribution in [0.1, 0.15) is 103 Å². The molecule has 87 heavy (non-hydrogen) atoms. The number of rotatable bonds is 32. The van der Waals surface area contributed by atoms with Gasteiger partial charge in [-0.25, -0.2) is 4.98 Å². The molecule has 28 nitrogen and oxygen atoms in total. The molecule has 10 amide bonds. The van der Waals surface area contributed by atoms with E-state index >= 15 is 0 Å². The fourth-order valence-corrected chi connectivity index (χ4v) is 10.5. The summed E-state index contributed by atoms with van der Waals surface area (Å²) in [5.41, 5.74) is 13.3. The minimum atomic E-state index is -1.75. The van der Waals surface area contributed by atoms with Crippen molar-refractivity contribution >= 4 is 75.9 Å². The second-order valence-corrected chi connectivity index (χ2v) is 22.8. The number of aromatic amines is 2. The van der Waals surface area contributed by atoms with Gasteiger partial charge in [0.25, 0.3) is 0 Å². The van der Waals surface area contributed by atoms with E-state index < -0.39 is 108 Å². The number of hydrogen-bond donors (Lipinski definition) is 15. The number of imidazole rings is 1. The van der Waals surface area contributed by atoms with Gasteiger partial charge in [-0.1, -0.05) is 58.0 Å². The van der Waals surface area contributed by atoms with Crippen LogP contribution in [0.15, 0.2) is 72.2 Å². The van der Waals surface area contributed by atoms with Crippen LogP contribution in [-0.2, 0) is 67.2 Å². The highest BCUT2D eigenvalue weighted by atomic mass is 16.3. The smallest absolute Gasteiger partial charge is 0.245 e. The number of H-pyrrole nitrogens is 2. The number of hydrogen-bond acceptors (Lipinski definition) is 14. The van der Waals surface area contributed by atoms with Gasteiger partial charge in [0.1, 0.15) is 60.1 Å². The average molecular weight is 1210 g/mol. The number of aliphatic imine (C=N–C) groups is 1. The van der Waals surface area contributed by atoms with Gasteiger partial charge in [0.15, 0.2) is 5.96 Å². The van der Waals surface area contributed by atoms with E-state index in [-0.39, 0.29) is 106 Å². The lowest BCUT2D eigenvalue weighted by molar-refractivity contribution is -0.142. The van der Waals surface area contributed by atoms with Crippen LogP contribution in [0.4, 0.5) is 0 Å². The largest absolute Gasteiger partial charge is 0.508 e. The van der Waals surface area contributed by atoms with E-state index in [1.807, 2.05) is 19.9 Å². The molecule has 0 bridgehead atoms. The van der Waals surface area contributed by atoms with Crippen LogP contribution in [0.2, 0.25) is 0 Å². The van der Waals surface area contributed by atoms with Crippen molar-refractivity contribution in [1.82, 2.24) is 67.7 Å². The monoisotopic (exact) mass is 1210 g/mol. The number of fused-ring (bicyclic) bond motifs is 1. The highest BCUT2D eigenvalue weighted by molar-refractivity contribution is 5.99. The van der Waals surface area contributed by atoms with Crippen LogP contribution >= 0.6 is 0 Å². The minimum Gasteiger partial charge on any atom is -0.508 e. The predicted molar refractivity (Wildman–Crippen MR) is 320 cm³/mol. The van der Waals surface area contributed by atoms with E-state index in [9.17, 15) is 58.2 Å².